The highest BCUT2D eigenvalue weighted by atomic mass is 16.6. The van der Waals surface area contributed by atoms with E-state index in [4.69, 9.17) is 4.74 Å². The van der Waals surface area contributed by atoms with Crippen molar-refractivity contribution in [3.05, 3.63) is 33.9 Å². The van der Waals surface area contributed by atoms with Gasteiger partial charge in [0.15, 0.2) is 0 Å². The summed E-state index contributed by atoms with van der Waals surface area (Å²) in [5, 5.41) is 15.4. The zero-order valence-electron chi connectivity index (χ0n) is 9.45. The van der Waals surface area contributed by atoms with Crippen molar-refractivity contribution in [1.29, 1.82) is 0 Å². The van der Waals surface area contributed by atoms with Gasteiger partial charge in [-0.1, -0.05) is 6.07 Å². The third kappa shape index (κ3) is 2.73. The van der Waals surface area contributed by atoms with Crippen molar-refractivity contribution >= 4 is 18.5 Å². The van der Waals surface area contributed by atoms with Gasteiger partial charge in [-0.25, -0.2) is 0 Å². The highest BCUT2D eigenvalue weighted by Gasteiger charge is 2.25. The first-order chi connectivity index (χ1) is 8.65. The van der Waals surface area contributed by atoms with Crippen LogP contribution in [0.15, 0.2) is 18.2 Å². The Hall–Kier alpha value is -2.64. The standard InChI is InChI=1S/C10H11N3O5/c1-18-8-4-2-3-7(13(16)17)9(8)10(11-5-14)12-6-15/h2-6,10H,1H3,(H,11,14)(H,12,15). The van der Waals surface area contributed by atoms with Gasteiger partial charge in [0.05, 0.1) is 12.0 Å². The van der Waals surface area contributed by atoms with Crippen LogP contribution in [-0.4, -0.2) is 24.9 Å². The van der Waals surface area contributed by atoms with E-state index in [1.165, 1.54) is 25.3 Å². The van der Waals surface area contributed by atoms with E-state index < -0.39 is 11.1 Å². The minimum absolute atomic E-state index is 0.0733. The summed E-state index contributed by atoms with van der Waals surface area (Å²) < 4.78 is 4.99. The third-order valence-electron chi connectivity index (χ3n) is 2.22. The van der Waals surface area contributed by atoms with Crippen LogP contribution in [0.2, 0.25) is 0 Å². The first-order valence-electron chi connectivity index (χ1n) is 4.86. The number of nitrogens with zero attached hydrogens (tertiary/aromatic N) is 1. The fourth-order valence-electron chi connectivity index (χ4n) is 1.51. The molecule has 0 heterocycles. The fourth-order valence-corrected chi connectivity index (χ4v) is 1.51. The Morgan fingerprint density at radius 3 is 2.39 bits per heavy atom. The molecule has 8 heteroatoms. The van der Waals surface area contributed by atoms with Gasteiger partial charge in [0.2, 0.25) is 12.8 Å². The number of hydrogen-bond acceptors (Lipinski definition) is 5. The molecule has 1 aromatic carbocycles. The quantitative estimate of drug-likeness (QED) is 0.310. The number of nitro benzene ring substituents is 1. The third-order valence-corrected chi connectivity index (χ3v) is 2.22. The maximum Gasteiger partial charge on any atom is 0.280 e. The van der Waals surface area contributed by atoms with E-state index in [0.717, 1.165) is 0 Å². The van der Waals surface area contributed by atoms with Gasteiger partial charge < -0.3 is 15.4 Å². The molecule has 1 rings (SSSR count). The topological polar surface area (TPSA) is 111 Å². The summed E-state index contributed by atoms with van der Waals surface area (Å²) in [5.74, 6) is 0.192. The van der Waals surface area contributed by atoms with Gasteiger partial charge in [-0.05, 0) is 6.07 Å². The van der Waals surface area contributed by atoms with E-state index in [1.807, 2.05) is 0 Å². The lowest BCUT2D eigenvalue weighted by molar-refractivity contribution is -0.385. The minimum atomic E-state index is -1.03. The van der Waals surface area contributed by atoms with Gasteiger partial charge in [0, 0.05) is 6.07 Å². The molecule has 96 valence electrons. The van der Waals surface area contributed by atoms with E-state index in [-0.39, 0.29) is 17.0 Å². The monoisotopic (exact) mass is 253 g/mol. The second kappa shape index (κ2) is 6.18. The molecule has 1 aromatic rings. The number of rotatable bonds is 7. The van der Waals surface area contributed by atoms with Crippen LogP contribution in [-0.2, 0) is 9.59 Å². The molecule has 0 radical (unpaired) electrons. The number of carbonyl (C=O) groups is 2. The zero-order chi connectivity index (χ0) is 13.5. The SMILES string of the molecule is COc1cccc([N+](=O)[O-])c1C(NC=O)NC=O. The van der Waals surface area contributed by atoms with Gasteiger partial charge in [-0.3, -0.25) is 19.7 Å². The number of nitrogens with one attached hydrogen (secondary N) is 2. The number of methoxy groups -OCH3 is 1. The predicted molar refractivity (Wildman–Crippen MR) is 60.8 cm³/mol. The summed E-state index contributed by atoms with van der Waals surface area (Å²) in [6.45, 7) is 0. The van der Waals surface area contributed by atoms with Gasteiger partial charge in [-0.15, -0.1) is 0 Å². The molecule has 18 heavy (non-hydrogen) atoms. The van der Waals surface area contributed by atoms with Crippen LogP contribution in [0.4, 0.5) is 5.69 Å². The smallest absolute Gasteiger partial charge is 0.280 e. The summed E-state index contributed by atoms with van der Waals surface area (Å²) in [5.41, 5.74) is -0.188. The molecular formula is C10H11N3O5. The van der Waals surface area contributed by atoms with Crippen LogP contribution >= 0.6 is 0 Å². The van der Waals surface area contributed by atoms with Gasteiger partial charge in [-0.2, -0.15) is 0 Å². The lowest BCUT2D eigenvalue weighted by Crippen LogP contribution is -2.33. The number of hydrogen-bond donors (Lipinski definition) is 2. The number of carbonyl (C=O) groups excluding carboxylic acids is 2. The Morgan fingerprint density at radius 1 is 1.33 bits per heavy atom. The molecule has 0 aliphatic rings. The number of ether oxygens (including phenoxy) is 1. The molecule has 0 aromatic heterocycles. The molecule has 0 unspecified atom stereocenters. The zero-order valence-corrected chi connectivity index (χ0v) is 9.45. The van der Waals surface area contributed by atoms with Crippen LogP contribution in [0.1, 0.15) is 11.7 Å². The molecule has 0 fully saturated rings. The van der Waals surface area contributed by atoms with Crippen molar-refractivity contribution in [2.45, 2.75) is 6.17 Å². The van der Waals surface area contributed by atoms with E-state index in [9.17, 15) is 19.7 Å². The Balaban J connectivity index is 3.35. The first kappa shape index (κ1) is 13.4. The lowest BCUT2D eigenvalue weighted by atomic mass is 10.1. The van der Waals surface area contributed by atoms with E-state index in [0.29, 0.717) is 12.8 Å². The summed E-state index contributed by atoms with van der Waals surface area (Å²) in [4.78, 5) is 31.2. The Kier molecular flexibility index (Phi) is 4.61. The summed E-state index contributed by atoms with van der Waals surface area (Å²) in [6, 6.07) is 4.19. The lowest BCUT2D eigenvalue weighted by Gasteiger charge is -2.18. The van der Waals surface area contributed by atoms with Crippen LogP contribution in [0, 0.1) is 10.1 Å². The first-order valence-corrected chi connectivity index (χ1v) is 4.86. The predicted octanol–water partition coefficient (Wildman–Crippen LogP) is 0.0940. The molecule has 0 atom stereocenters. The van der Waals surface area contributed by atoms with Gasteiger partial charge in [0.1, 0.15) is 17.5 Å². The Labute approximate surface area is 102 Å². The number of nitro groups is 1. The second-order valence-electron chi connectivity index (χ2n) is 3.15. The maximum atomic E-state index is 10.9. The molecular weight excluding hydrogens is 242 g/mol. The van der Waals surface area contributed by atoms with Crippen LogP contribution in [0.5, 0.6) is 5.75 Å². The van der Waals surface area contributed by atoms with Crippen molar-refractivity contribution in [2.24, 2.45) is 0 Å². The summed E-state index contributed by atoms with van der Waals surface area (Å²) >= 11 is 0. The number of benzene rings is 1. The average Bonchev–Trinajstić information content (AvgIpc) is 2.37. The van der Waals surface area contributed by atoms with Crippen molar-refractivity contribution in [3.8, 4) is 5.75 Å². The largest absolute Gasteiger partial charge is 0.496 e. The molecule has 8 nitrogen and oxygen atoms in total. The van der Waals surface area contributed by atoms with Gasteiger partial charge >= 0.3 is 0 Å². The molecule has 2 amide bonds. The highest BCUT2D eigenvalue weighted by molar-refractivity contribution is 5.58. The highest BCUT2D eigenvalue weighted by Crippen LogP contribution is 2.32. The molecule has 0 bridgehead atoms. The van der Waals surface area contributed by atoms with Crippen molar-refractivity contribution in [3.63, 3.8) is 0 Å². The van der Waals surface area contributed by atoms with Crippen LogP contribution < -0.4 is 15.4 Å². The summed E-state index contributed by atoms with van der Waals surface area (Å²) in [6.07, 6.45) is -0.370. The van der Waals surface area contributed by atoms with Gasteiger partial charge in [0.25, 0.3) is 5.69 Å². The molecule has 0 saturated carbocycles. The van der Waals surface area contributed by atoms with E-state index >= 15 is 0 Å². The normalized spacial score (nSPS) is 9.67. The minimum Gasteiger partial charge on any atom is -0.496 e. The van der Waals surface area contributed by atoms with Crippen molar-refractivity contribution in [2.75, 3.05) is 7.11 Å². The van der Waals surface area contributed by atoms with Crippen LogP contribution in [0.25, 0.3) is 0 Å². The number of amides is 2. The van der Waals surface area contributed by atoms with E-state index in [1.54, 1.807) is 0 Å². The maximum absolute atomic E-state index is 10.9. The molecule has 0 aliphatic heterocycles. The average molecular weight is 253 g/mol. The second-order valence-corrected chi connectivity index (χ2v) is 3.15. The van der Waals surface area contributed by atoms with E-state index in [2.05, 4.69) is 10.6 Å². The molecule has 0 saturated heterocycles. The molecule has 0 aliphatic carbocycles. The molecule has 0 spiro atoms. The molecule has 2 N–H and O–H groups in total. The van der Waals surface area contributed by atoms with Crippen molar-refractivity contribution < 1.29 is 19.2 Å². The fraction of sp³-hybridized carbons (Fsp3) is 0.200. The Bertz CT molecular complexity index is 453. The summed E-state index contributed by atoms with van der Waals surface area (Å²) in [7, 11) is 1.33. The van der Waals surface area contributed by atoms with Crippen molar-refractivity contribution in [1.82, 2.24) is 10.6 Å². The Morgan fingerprint density at radius 2 is 1.94 bits per heavy atom. The van der Waals surface area contributed by atoms with Crippen LogP contribution in [0.3, 0.4) is 0 Å².